The molecule has 2 N–H and O–H groups in total. The van der Waals surface area contributed by atoms with Gasteiger partial charge in [0.25, 0.3) is 11.6 Å². The summed E-state index contributed by atoms with van der Waals surface area (Å²) in [5.41, 5.74) is -1.18. The molecule has 1 atom stereocenters. The number of ether oxygens (including phenoxy) is 1. The Hall–Kier alpha value is -2.55. The molecule has 0 aliphatic rings. The fourth-order valence-electron chi connectivity index (χ4n) is 1.43. The molecular formula is C11H11FN2O6. The predicted molar refractivity (Wildman–Crippen MR) is 63.8 cm³/mol. The number of carbonyl (C=O) groups excluding carboxylic acids is 1. The van der Waals surface area contributed by atoms with Gasteiger partial charge in [0.2, 0.25) is 0 Å². The van der Waals surface area contributed by atoms with Gasteiger partial charge in [0.15, 0.2) is 6.04 Å². The minimum atomic E-state index is -1.36. The van der Waals surface area contributed by atoms with Gasteiger partial charge in [0.1, 0.15) is 11.4 Å². The first kappa shape index (κ1) is 15.5. The second-order valence-corrected chi connectivity index (χ2v) is 3.74. The van der Waals surface area contributed by atoms with Crippen LogP contribution in [0.2, 0.25) is 0 Å². The van der Waals surface area contributed by atoms with E-state index in [0.717, 1.165) is 12.1 Å². The van der Waals surface area contributed by atoms with Crippen LogP contribution in [-0.4, -0.2) is 41.7 Å². The van der Waals surface area contributed by atoms with Crippen molar-refractivity contribution in [2.75, 3.05) is 13.7 Å². The highest BCUT2D eigenvalue weighted by molar-refractivity contribution is 6.00. The standard InChI is InChI=1S/C11H11FN2O6/c1-20-5-8(11(16)17)13-10(15)7-3-2-6(12)4-9(7)14(18)19/h2-4,8H,5H2,1H3,(H,13,15)(H,16,17). The first-order valence-electron chi connectivity index (χ1n) is 5.33. The van der Waals surface area contributed by atoms with Gasteiger partial charge in [0.05, 0.1) is 17.6 Å². The second kappa shape index (κ2) is 6.57. The summed E-state index contributed by atoms with van der Waals surface area (Å²) >= 11 is 0. The number of benzene rings is 1. The van der Waals surface area contributed by atoms with Crippen LogP contribution in [0.5, 0.6) is 0 Å². The molecule has 0 saturated heterocycles. The van der Waals surface area contributed by atoms with Gasteiger partial charge >= 0.3 is 5.97 Å². The number of nitrogens with zero attached hydrogens (tertiary/aromatic N) is 1. The van der Waals surface area contributed by atoms with Gasteiger partial charge in [0, 0.05) is 7.11 Å². The number of carboxylic acids is 1. The van der Waals surface area contributed by atoms with Crippen molar-refractivity contribution in [3.63, 3.8) is 0 Å². The van der Waals surface area contributed by atoms with E-state index >= 15 is 0 Å². The smallest absolute Gasteiger partial charge is 0.328 e. The van der Waals surface area contributed by atoms with E-state index in [0.29, 0.717) is 6.07 Å². The average Bonchev–Trinajstić information content (AvgIpc) is 2.37. The average molecular weight is 286 g/mol. The van der Waals surface area contributed by atoms with Crippen molar-refractivity contribution in [2.45, 2.75) is 6.04 Å². The maximum atomic E-state index is 12.9. The topological polar surface area (TPSA) is 119 Å². The van der Waals surface area contributed by atoms with Gasteiger partial charge in [-0.1, -0.05) is 0 Å². The van der Waals surface area contributed by atoms with Crippen molar-refractivity contribution in [3.8, 4) is 0 Å². The molecule has 1 amide bonds. The molecule has 0 aliphatic heterocycles. The van der Waals surface area contributed by atoms with Gasteiger partial charge in [-0.2, -0.15) is 0 Å². The summed E-state index contributed by atoms with van der Waals surface area (Å²) in [4.78, 5) is 32.5. The summed E-state index contributed by atoms with van der Waals surface area (Å²) in [6, 6.07) is 1.00. The lowest BCUT2D eigenvalue weighted by Crippen LogP contribution is -2.44. The first-order valence-corrected chi connectivity index (χ1v) is 5.33. The van der Waals surface area contributed by atoms with E-state index in [9.17, 15) is 24.1 Å². The maximum absolute atomic E-state index is 12.9. The van der Waals surface area contributed by atoms with Crippen LogP contribution in [0.25, 0.3) is 0 Å². The molecule has 0 bridgehead atoms. The first-order chi connectivity index (χ1) is 9.36. The minimum Gasteiger partial charge on any atom is -0.480 e. The summed E-state index contributed by atoms with van der Waals surface area (Å²) < 4.78 is 17.5. The van der Waals surface area contributed by atoms with E-state index < -0.39 is 39.9 Å². The fraction of sp³-hybridized carbons (Fsp3) is 0.273. The molecule has 1 rings (SSSR count). The minimum absolute atomic E-state index is 0.309. The Labute approximate surface area is 112 Å². The van der Waals surface area contributed by atoms with Gasteiger partial charge < -0.3 is 15.2 Å². The molecule has 0 aliphatic carbocycles. The Balaban J connectivity index is 3.03. The number of nitrogens with one attached hydrogen (secondary N) is 1. The highest BCUT2D eigenvalue weighted by Gasteiger charge is 2.25. The largest absolute Gasteiger partial charge is 0.480 e. The molecule has 0 radical (unpaired) electrons. The van der Waals surface area contributed by atoms with E-state index in [1.165, 1.54) is 7.11 Å². The third-order valence-corrected chi connectivity index (χ3v) is 2.34. The summed E-state index contributed by atoms with van der Waals surface area (Å²) in [5, 5.41) is 21.6. The van der Waals surface area contributed by atoms with E-state index in [1.807, 2.05) is 0 Å². The van der Waals surface area contributed by atoms with Crippen LogP contribution >= 0.6 is 0 Å². The van der Waals surface area contributed by atoms with Crippen LogP contribution < -0.4 is 5.32 Å². The number of hydrogen-bond donors (Lipinski definition) is 2. The molecule has 0 fully saturated rings. The molecule has 1 unspecified atom stereocenters. The highest BCUT2D eigenvalue weighted by atomic mass is 19.1. The van der Waals surface area contributed by atoms with E-state index in [-0.39, 0.29) is 6.61 Å². The molecule has 20 heavy (non-hydrogen) atoms. The zero-order chi connectivity index (χ0) is 15.3. The van der Waals surface area contributed by atoms with Gasteiger partial charge in [-0.15, -0.1) is 0 Å². The molecule has 0 saturated carbocycles. The summed E-state index contributed by atoms with van der Waals surface area (Å²) in [6.45, 7) is -0.309. The zero-order valence-electron chi connectivity index (χ0n) is 10.3. The van der Waals surface area contributed by atoms with Gasteiger partial charge in [-0.05, 0) is 12.1 Å². The lowest BCUT2D eigenvalue weighted by molar-refractivity contribution is -0.385. The SMILES string of the molecule is COCC(NC(=O)c1ccc(F)cc1[N+](=O)[O-])C(=O)O. The number of nitro benzene ring substituents is 1. The molecule has 1 aromatic carbocycles. The summed E-state index contributed by atoms with van der Waals surface area (Å²) in [6.07, 6.45) is 0. The number of amides is 1. The normalized spacial score (nSPS) is 11.7. The van der Waals surface area contributed by atoms with Crippen LogP contribution in [0.15, 0.2) is 18.2 Å². The Morgan fingerprint density at radius 1 is 1.55 bits per heavy atom. The number of nitro groups is 1. The Morgan fingerprint density at radius 3 is 2.70 bits per heavy atom. The van der Waals surface area contributed by atoms with Gasteiger partial charge in [-0.25, -0.2) is 9.18 Å². The lowest BCUT2D eigenvalue weighted by atomic mass is 10.1. The van der Waals surface area contributed by atoms with E-state index in [1.54, 1.807) is 0 Å². The molecule has 1 aromatic rings. The number of carbonyl (C=O) groups is 2. The van der Waals surface area contributed by atoms with Crippen LogP contribution in [0, 0.1) is 15.9 Å². The van der Waals surface area contributed by atoms with Crippen LogP contribution in [0.3, 0.4) is 0 Å². The molecule has 108 valence electrons. The Kier molecular flexibility index (Phi) is 5.09. The number of aliphatic carboxylic acids is 1. The highest BCUT2D eigenvalue weighted by Crippen LogP contribution is 2.19. The van der Waals surface area contributed by atoms with Crippen LogP contribution in [0.1, 0.15) is 10.4 Å². The molecule has 0 heterocycles. The zero-order valence-corrected chi connectivity index (χ0v) is 10.3. The van der Waals surface area contributed by atoms with Crippen LogP contribution in [0.4, 0.5) is 10.1 Å². The number of halogens is 1. The number of hydrogen-bond acceptors (Lipinski definition) is 5. The van der Waals surface area contributed by atoms with Gasteiger partial charge in [-0.3, -0.25) is 14.9 Å². The Morgan fingerprint density at radius 2 is 2.20 bits per heavy atom. The molecular weight excluding hydrogens is 275 g/mol. The second-order valence-electron chi connectivity index (χ2n) is 3.74. The van der Waals surface area contributed by atoms with Crippen molar-refractivity contribution in [2.24, 2.45) is 0 Å². The van der Waals surface area contributed by atoms with Crippen molar-refractivity contribution >= 4 is 17.6 Å². The fourth-order valence-corrected chi connectivity index (χ4v) is 1.43. The molecule has 0 spiro atoms. The molecule has 9 heteroatoms. The van der Waals surface area contributed by atoms with Crippen molar-refractivity contribution < 1.29 is 28.7 Å². The van der Waals surface area contributed by atoms with Crippen molar-refractivity contribution in [1.82, 2.24) is 5.32 Å². The third-order valence-electron chi connectivity index (χ3n) is 2.34. The van der Waals surface area contributed by atoms with Crippen molar-refractivity contribution in [3.05, 3.63) is 39.7 Å². The van der Waals surface area contributed by atoms with Crippen LogP contribution in [-0.2, 0) is 9.53 Å². The monoisotopic (exact) mass is 286 g/mol. The number of rotatable bonds is 6. The molecule has 8 nitrogen and oxygen atoms in total. The van der Waals surface area contributed by atoms with E-state index in [4.69, 9.17) is 5.11 Å². The number of methoxy groups -OCH3 is 1. The third kappa shape index (κ3) is 3.72. The summed E-state index contributed by atoms with van der Waals surface area (Å²) in [5.74, 6) is -3.23. The lowest BCUT2D eigenvalue weighted by Gasteiger charge is -2.13. The Bertz CT molecular complexity index is 548. The molecule has 0 aromatic heterocycles. The van der Waals surface area contributed by atoms with E-state index in [2.05, 4.69) is 10.1 Å². The summed E-state index contributed by atoms with van der Waals surface area (Å²) in [7, 11) is 1.24. The van der Waals surface area contributed by atoms with Crippen molar-refractivity contribution in [1.29, 1.82) is 0 Å². The predicted octanol–water partition coefficient (Wildman–Crippen LogP) is 0.563. The maximum Gasteiger partial charge on any atom is 0.328 e. The quantitative estimate of drug-likeness (QED) is 0.582. The number of carboxylic acid groups (broad SMARTS) is 1.